The van der Waals surface area contributed by atoms with Gasteiger partial charge in [0.05, 0.1) is 12.5 Å². The van der Waals surface area contributed by atoms with Crippen molar-refractivity contribution in [3.63, 3.8) is 0 Å². The van der Waals surface area contributed by atoms with Crippen LogP contribution in [-0.4, -0.2) is 80.6 Å². The number of phenols is 1. The molecule has 7 N–H and O–H groups in total. The molecule has 2 rings (SSSR count). The second-order valence-electron chi connectivity index (χ2n) is 8.89. The predicted molar refractivity (Wildman–Crippen MR) is 123 cm³/mol. The first-order chi connectivity index (χ1) is 16.4. The molecule has 12 nitrogen and oxygen atoms in total. The average Bonchev–Trinajstić information content (AvgIpc) is 3.27. The third kappa shape index (κ3) is 7.67. The van der Waals surface area contributed by atoms with Crippen molar-refractivity contribution < 1.29 is 39.3 Å². The van der Waals surface area contributed by atoms with E-state index in [1.807, 2.05) is 0 Å². The zero-order chi connectivity index (χ0) is 26.3. The number of aliphatic carboxylic acids is 2. The van der Waals surface area contributed by atoms with E-state index in [0.29, 0.717) is 12.8 Å². The fraction of sp³-hybridized carbons (Fsp3) is 0.522. The average molecular weight is 493 g/mol. The van der Waals surface area contributed by atoms with Crippen LogP contribution in [0, 0.1) is 5.92 Å². The number of phenolic OH excluding ortho intramolecular Hbond substituents is 1. The summed E-state index contributed by atoms with van der Waals surface area (Å²) in [5.74, 6) is -5.18. The Hall–Kier alpha value is -3.67. The van der Waals surface area contributed by atoms with Gasteiger partial charge >= 0.3 is 11.9 Å². The molecular formula is C23H32N4O8. The van der Waals surface area contributed by atoms with Crippen LogP contribution in [0.3, 0.4) is 0 Å². The van der Waals surface area contributed by atoms with Gasteiger partial charge in [0, 0.05) is 6.54 Å². The molecule has 0 spiro atoms. The first kappa shape index (κ1) is 27.6. The van der Waals surface area contributed by atoms with E-state index in [1.165, 1.54) is 17.0 Å². The maximum Gasteiger partial charge on any atom is 0.326 e. The Morgan fingerprint density at radius 1 is 1.09 bits per heavy atom. The Morgan fingerprint density at radius 2 is 1.71 bits per heavy atom. The van der Waals surface area contributed by atoms with Crippen molar-refractivity contribution in [2.24, 2.45) is 11.7 Å². The Bertz CT molecular complexity index is 949. The normalized spacial score (nSPS) is 17.9. The molecule has 35 heavy (non-hydrogen) atoms. The number of benzene rings is 1. The van der Waals surface area contributed by atoms with Crippen molar-refractivity contribution in [3.8, 4) is 5.75 Å². The smallest absolute Gasteiger partial charge is 0.326 e. The van der Waals surface area contributed by atoms with Crippen molar-refractivity contribution in [2.45, 2.75) is 63.7 Å². The minimum atomic E-state index is -1.52. The Labute approximate surface area is 202 Å². The second kappa shape index (κ2) is 12.2. The third-order valence-corrected chi connectivity index (χ3v) is 5.79. The van der Waals surface area contributed by atoms with Crippen molar-refractivity contribution in [1.29, 1.82) is 0 Å². The number of amides is 3. The van der Waals surface area contributed by atoms with Crippen LogP contribution in [-0.2, 0) is 30.4 Å². The summed E-state index contributed by atoms with van der Waals surface area (Å²) in [6.45, 7) is 3.42. The monoisotopic (exact) mass is 492 g/mol. The summed E-state index contributed by atoms with van der Waals surface area (Å²) in [6.07, 6.45) is 0.234. The van der Waals surface area contributed by atoms with Crippen molar-refractivity contribution >= 4 is 29.7 Å². The lowest BCUT2D eigenvalue weighted by molar-refractivity contribution is -0.145. The standard InChI is InChI=1S/C23H32N4O8/c1-12(2)19(23(34)35)26-20(31)16(11-18(29)30)25-21(32)17-4-3-9-27(17)22(33)15(24)10-13-5-7-14(28)8-6-13/h5-8,12,15-17,19,28H,3-4,9-11,24H2,1-2H3,(H,25,32)(H,26,31)(H,29,30)(H,34,35). The largest absolute Gasteiger partial charge is 0.508 e. The van der Waals surface area contributed by atoms with E-state index in [4.69, 9.17) is 5.73 Å². The molecule has 0 aromatic heterocycles. The zero-order valence-corrected chi connectivity index (χ0v) is 19.6. The minimum Gasteiger partial charge on any atom is -0.508 e. The molecule has 4 unspecified atom stereocenters. The lowest BCUT2D eigenvalue weighted by Crippen LogP contribution is -2.57. The predicted octanol–water partition coefficient (Wildman–Crippen LogP) is -0.562. The molecule has 0 bridgehead atoms. The first-order valence-electron chi connectivity index (χ1n) is 11.3. The zero-order valence-electron chi connectivity index (χ0n) is 19.6. The molecular weight excluding hydrogens is 460 g/mol. The fourth-order valence-electron chi connectivity index (χ4n) is 3.91. The van der Waals surface area contributed by atoms with Gasteiger partial charge in [-0.1, -0.05) is 26.0 Å². The molecule has 12 heteroatoms. The van der Waals surface area contributed by atoms with E-state index < -0.39 is 66.2 Å². The number of aromatic hydroxyl groups is 1. The van der Waals surface area contributed by atoms with Crippen LogP contribution in [0.25, 0.3) is 0 Å². The second-order valence-corrected chi connectivity index (χ2v) is 8.89. The summed E-state index contributed by atoms with van der Waals surface area (Å²) in [5, 5.41) is 32.5. The van der Waals surface area contributed by atoms with Crippen molar-refractivity contribution in [3.05, 3.63) is 29.8 Å². The summed E-state index contributed by atoms with van der Waals surface area (Å²) in [6, 6.07) is 1.52. The lowest BCUT2D eigenvalue weighted by atomic mass is 10.0. The van der Waals surface area contributed by atoms with Crippen LogP contribution in [0.5, 0.6) is 5.75 Å². The number of carbonyl (C=O) groups is 5. The highest BCUT2D eigenvalue weighted by Crippen LogP contribution is 2.20. The van der Waals surface area contributed by atoms with E-state index in [0.717, 1.165) is 5.56 Å². The molecule has 1 aromatic carbocycles. The van der Waals surface area contributed by atoms with Gasteiger partial charge in [-0.15, -0.1) is 0 Å². The van der Waals surface area contributed by atoms with Gasteiger partial charge in [-0.3, -0.25) is 19.2 Å². The molecule has 1 aliphatic rings. The van der Waals surface area contributed by atoms with Gasteiger partial charge in [-0.25, -0.2) is 4.79 Å². The molecule has 1 saturated heterocycles. The quantitative estimate of drug-likeness (QED) is 0.234. The Kier molecular flexibility index (Phi) is 9.58. The van der Waals surface area contributed by atoms with Gasteiger partial charge in [0.15, 0.2) is 0 Å². The number of carbonyl (C=O) groups excluding carboxylic acids is 3. The molecule has 0 radical (unpaired) electrons. The van der Waals surface area contributed by atoms with Crippen molar-refractivity contribution in [1.82, 2.24) is 15.5 Å². The molecule has 0 aliphatic carbocycles. The number of hydrogen-bond acceptors (Lipinski definition) is 7. The van der Waals surface area contributed by atoms with E-state index in [2.05, 4.69) is 10.6 Å². The summed E-state index contributed by atoms with van der Waals surface area (Å²) in [4.78, 5) is 62.5. The summed E-state index contributed by atoms with van der Waals surface area (Å²) >= 11 is 0. The Balaban J connectivity index is 2.09. The van der Waals surface area contributed by atoms with Crippen LogP contribution >= 0.6 is 0 Å². The highest BCUT2D eigenvalue weighted by molar-refractivity contribution is 5.96. The number of hydrogen-bond donors (Lipinski definition) is 6. The number of nitrogens with two attached hydrogens (primary N) is 1. The van der Waals surface area contributed by atoms with Crippen LogP contribution in [0.4, 0.5) is 0 Å². The number of likely N-dealkylation sites (tertiary alicyclic amines) is 1. The topological polar surface area (TPSA) is 199 Å². The first-order valence-corrected chi connectivity index (χ1v) is 11.3. The molecule has 1 fully saturated rings. The molecule has 0 saturated carbocycles. The van der Waals surface area contributed by atoms with Crippen LogP contribution in [0.15, 0.2) is 24.3 Å². The van der Waals surface area contributed by atoms with Gasteiger partial charge in [0.1, 0.15) is 23.9 Å². The lowest BCUT2D eigenvalue weighted by Gasteiger charge is -2.28. The molecule has 3 amide bonds. The number of rotatable bonds is 11. The van der Waals surface area contributed by atoms with E-state index in [1.54, 1.807) is 26.0 Å². The van der Waals surface area contributed by atoms with Gasteiger partial charge in [0.25, 0.3) is 0 Å². The number of nitrogens with zero attached hydrogens (tertiary/aromatic N) is 1. The van der Waals surface area contributed by atoms with E-state index in [-0.39, 0.29) is 18.7 Å². The van der Waals surface area contributed by atoms with Crippen LogP contribution in [0.1, 0.15) is 38.7 Å². The third-order valence-electron chi connectivity index (χ3n) is 5.79. The summed E-state index contributed by atoms with van der Waals surface area (Å²) in [7, 11) is 0. The molecule has 4 atom stereocenters. The summed E-state index contributed by atoms with van der Waals surface area (Å²) in [5.41, 5.74) is 6.80. The van der Waals surface area contributed by atoms with E-state index >= 15 is 0 Å². The van der Waals surface area contributed by atoms with Crippen LogP contribution in [0.2, 0.25) is 0 Å². The molecule has 192 valence electrons. The van der Waals surface area contributed by atoms with Gasteiger partial charge in [-0.2, -0.15) is 0 Å². The fourth-order valence-corrected chi connectivity index (χ4v) is 3.91. The highest BCUT2D eigenvalue weighted by atomic mass is 16.4. The van der Waals surface area contributed by atoms with Crippen molar-refractivity contribution in [2.75, 3.05) is 6.54 Å². The number of carboxylic acid groups (broad SMARTS) is 2. The maximum atomic E-state index is 13.0. The van der Waals surface area contributed by atoms with Gasteiger partial charge in [0.2, 0.25) is 17.7 Å². The van der Waals surface area contributed by atoms with E-state index in [9.17, 15) is 39.3 Å². The number of nitrogens with one attached hydrogen (secondary N) is 2. The highest BCUT2D eigenvalue weighted by Gasteiger charge is 2.38. The maximum absolute atomic E-state index is 13.0. The molecule has 1 heterocycles. The summed E-state index contributed by atoms with van der Waals surface area (Å²) < 4.78 is 0. The van der Waals surface area contributed by atoms with Crippen LogP contribution < -0.4 is 16.4 Å². The van der Waals surface area contributed by atoms with Gasteiger partial charge in [-0.05, 0) is 42.9 Å². The Morgan fingerprint density at radius 3 is 2.26 bits per heavy atom. The molecule has 1 aliphatic heterocycles. The number of carboxylic acids is 2. The minimum absolute atomic E-state index is 0.0768. The SMILES string of the molecule is CC(C)C(NC(=O)C(CC(=O)O)NC(=O)C1CCCN1C(=O)C(N)Cc1ccc(O)cc1)C(=O)O. The molecule has 1 aromatic rings. The van der Waals surface area contributed by atoms with Gasteiger partial charge < -0.3 is 36.6 Å².